The van der Waals surface area contributed by atoms with E-state index < -0.39 is 57.7 Å². The molecule has 0 N–H and O–H groups in total. The predicted octanol–water partition coefficient (Wildman–Crippen LogP) is 3.19. The zero-order valence-corrected chi connectivity index (χ0v) is 23.8. The average Bonchev–Trinajstić information content (AvgIpc) is 3.54. The van der Waals surface area contributed by atoms with Crippen molar-refractivity contribution in [3.63, 3.8) is 0 Å². The Morgan fingerprint density at radius 3 is 2.31 bits per heavy atom. The zero-order valence-electron chi connectivity index (χ0n) is 23.8. The molecule has 0 aromatic heterocycles. The first kappa shape index (κ1) is 28.1. The van der Waals surface area contributed by atoms with Crippen LogP contribution in [0, 0.1) is 16.7 Å². The Balaban J connectivity index is 1.68. The summed E-state index contributed by atoms with van der Waals surface area (Å²) in [7, 11) is 0. The third-order valence-electron chi connectivity index (χ3n) is 10.5. The number of epoxide rings is 1. The minimum absolute atomic E-state index is 0.00499. The molecule has 39 heavy (non-hydrogen) atoms. The molecule has 5 fully saturated rings. The molecule has 216 valence electrons. The first-order chi connectivity index (χ1) is 18.3. The van der Waals surface area contributed by atoms with Gasteiger partial charge in [-0.05, 0) is 39.5 Å². The van der Waals surface area contributed by atoms with Crippen LogP contribution in [0.25, 0.3) is 0 Å². The number of carbonyl (C=O) groups excluding carboxylic acids is 4. The molecular formula is C29H40O10. The highest BCUT2D eigenvalue weighted by Gasteiger charge is 2.81. The molecule has 0 radical (unpaired) electrons. The Morgan fingerprint density at radius 2 is 1.74 bits per heavy atom. The third-order valence-corrected chi connectivity index (χ3v) is 10.5. The molecular weight excluding hydrogens is 508 g/mol. The number of allylic oxidation sites excluding steroid dienone is 1. The lowest BCUT2D eigenvalue weighted by atomic mass is 9.40. The van der Waals surface area contributed by atoms with E-state index in [0.29, 0.717) is 25.0 Å². The van der Waals surface area contributed by atoms with Gasteiger partial charge in [0.05, 0.1) is 24.0 Å². The van der Waals surface area contributed by atoms with Crippen molar-refractivity contribution in [1.82, 2.24) is 0 Å². The van der Waals surface area contributed by atoms with Gasteiger partial charge < -0.3 is 28.4 Å². The lowest BCUT2D eigenvalue weighted by Crippen LogP contribution is -2.78. The molecule has 0 aromatic carbocycles. The van der Waals surface area contributed by atoms with E-state index in [1.165, 1.54) is 13.8 Å². The molecule has 0 amide bonds. The second-order valence-electron chi connectivity index (χ2n) is 12.6. The van der Waals surface area contributed by atoms with E-state index in [-0.39, 0.29) is 37.9 Å². The summed E-state index contributed by atoms with van der Waals surface area (Å²) >= 11 is 0. The molecule has 3 aliphatic heterocycles. The normalized spacial score (nSPS) is 44.7. The first-order valence-corrected chi connectivity index (χ1v) is 13.9. The quantitative estimate of drug-likeness (QED) is 0.219. The molecule has 0 bridgehead atoms. The Kier molecular flexibility index (Phi) is 6.69. The van der Waals surface area contributed by atoms with Crippen LogP contribution in [0.5, 0.6) is 0 Å². The number of rotatable bonds is 5. The van der Waals surface area contributed by atoms with Gasteiger partial charge in [-0.25, -0.2) is 4.79 Å². The molecule has 2 aliphatic carbocycles. The van der Waals surface area contributed by atoms with Gasteiger partial charge in [0.15, 0.2) is 0 Å². The summed E-state index contributed by atoms with van der Waals surface area (Å²) in [5, 5.41) is 0. The van der Waals surface area contributed by atoms with Crippen molar-refractivity contribution in [3.05, 3.63) is 11.6 Å². The minimum Gasteiger partial charge on any atom is -0.465 e. The van der Waals surface area contributed by atoms with Crippen LogP contribution in [0.3, 0.4) is 0 Å². The molecule has 0 aromatic rings. The van der Waals surface area contributed by atoms with Gasteiger partial charge in [-0.3, -0.25) is 14.4 Å². The molecule has 2 spiro atoms. The average molecular weight is 549 g/mol. The van der Waals surface area contributed by atoms with Gasteiger partial charge in [0.2, 0.25) is 0 Å². The number of carbonyl (C=O) groups is 4. The molecule has 10 heteroatoms. The molecule has 8 unspecified atom stereocenters. The molecule has 5 aliphatic rings. The lowest BCUT2D eigenvalue weighted by Gasteiger charge is -2.70. The van der Waals surface area contributed by atoms with Crippen LogP contribution in [0.1, 0.15) is 80.1 Å². The van der Waals surface area contributed by atoms with Crippen LogP contribution in [-0.2, 0) is 47.6 Å². The summed E-state index contributed by atoms with van der Waals surface area (Å²) < 4.78 is 36.6. The maximum Gasteiger partial charge on any atom is 0.333 e. The maximum atomic E-state index is 13.3. The SMILES string of the molecule is CC=C(C)C(=O)OC1CC2(C)OC3(COC(=O)C3)CC(OC(C)=O)C2(C)C2CCCC3(CO3)C12COC(C)=O. The number of cyclic esters (lactones) is 1. The summed E-state index contributed by atoms with van der Waals surface area (Å²) in [6.07, 6.45) is 3.22. The van der Waals surface area contributed by atoms with Crippen molar-refractivity contribution < 1.29 is 47.6 Å². The lowest BCUT2D eigenvalue weighted by molar-refractivity contribution is -0.350. The number of hydrogen-bond acceptors (Lipinski definition) is 10. The number of fused-ring (bicyclic) bond motifs is 4. The van der Waals surface area contributed by atoms with Crippen molar-refractivity contribution in [2.45, 2.75) is 109 Å². The van der Waals surface area contributed by atoms with Crippen molar-refractivity contribution in [2.75, 3.05) is 19.8 Å². The van der Waals surface area contributed by atoms with Gasteiger partial charge >= 0.3 is 23.9 Å². The van der Waals surface area contributed by atoms with Crippen LogP contribution in [-0.4, -0.2) is 72.7 Å². The van der Waals surface area contributed by atoms with Gasteiger partial charge in [-0.1, -0.05) is 19.4 Å². The molecule has 10 nitrogen and oxygen atoms in total. The third kappa shape index (κ3) is 4.12. The van der Waals surface area contributed by atoms with E-state index in [9.17, 15) is 19.2 Å². The fourth-order valence-electron chi connectivity index (χ4n) is 8.33. The molecule has 8 atom stereocenters. The van der Waals surface area contributed by atoms with E-state index in [0.717, 1.165) is 12.8 Å². The maximum absolute atomic E-state index is 13.3. The Bertz CT molecular complexity index is 1110. The van der Waals surface area contributed by atoms with Crippen LogP contribution in [0.2, 0.25) is 0 Å². The van der Waals surface area contributed by atoms with Crippen molar-refractivity contribution in [2.24, 2.45) is 16.7 Å². The second kappa shape index (κ2) is 9.29. The van der Waals surface area contributed by atoms with Crippen LogP contribution >= 0.6 is 0 Å². The topological polar surface area (TPSA) is 127 Å². The number of hydrogen-bond donors (Lipinski definition) is 0. The van der Waals surface area contributed by atoms with Crippen molar-refractivity contribution >= 4 is 23.9 Å². The zero-order chi connectivity index (χ0) is 28.4. The fourth-order valence-corrected chi connectivity index (χ4v) is 8.33. The van der Waals surface area contributed by atoms with Crippen LogP contribution in [0.15, 0.2) is 11.6 Å². The van der Waals surface area contributed by atoms with E-state index in [1.54, 1.807) is 19.9 Å². The molecule has 3 heterocycles. The monoisotopic (exact) mass is 548 g/mol. The van der Waals surface area contributed by atoms with Gasteiger partial charge in [0.1, 0.15) is 36.6 Å². The van der Waals surface area contributed by atoms with Gasteiger partial charge in [0.25, 0.3) is 0 Å². The van der Waals surface area contributed by atoms with E-state index in [2.05, 4.69) is 6.92 Å². The van der Waals surface area contributed by atoms with Crippen molar-refractivity contribution in [3.8, 4) is 0 Å². The summed E-state index contributed by atoms with van der Waals surface area (Å²) in [5.41, 5.74) is -3.80. The molecule has 5 rings (SSSR count). The van der Waals surface area contributed by atoms with Crippen LogP contribution < -0.4 is 0 Å². The second-order valence-corrected chi connectivity index (χ2v) is 12.6. The molecule has 2 saturated carbocycles. The Labute approximate surface area is 229 Å². The summed E-state index contributed by atoms with van der Waals surface area (Å²) in [6.45, 7) is 10.8. The van der Waals surface area contributed by atoms with Gasteiger partial charge in [-0.15, -0.1) is 0 Å². The summed E-state index contributed by atoms with van der Waals surface area (Å²) in [6, 6.07) is 0. The smallest absolute Gasteiger partial charge is 0.333 e. The highest BCUT2D eigenvalue weighted by molar-refractivity contribution is 5.87. The van der Waals surface area contributed by atoms with Crippen LogP contribution in [0.4, 0.5) is 0 Å². The highest BCUT2D eigenvalue weighted by atomic mass is 16.6. The largest absolute Gasteiger partial charge is 0.465 e. The van der Waals surface area contributed by atoms with Gasteiger partial charge in [-0.2, -0.15) is 0 Å². The fraction of sp³-hybridized carbons (Fsp3) is 0.793. The Hall–Kier alpha value is -2.46. The summed E-state index contributed by atoms with van der Waals surface area (Å²) in [5.74, 6) is -1.95. The standard InChI is InChI=1S/C29H40O10/c1-7-17(2)24(33)38-22-11-25(5)26(6,21(37-19(4)31)12-27(39-25)13-23(32)35-14-27)20-9-8-10-28(15-36-28)29(20,22)16-34-18(3)30/h7,20-22H,8-16H2,1-6H3. The van der Waals surface area contributed by atoms with E-state index in [4.69, 9.17) is 28.4 Å². The van der Waals surface area contributed by atoms with Gasteiger partial charge in [0, 0.05) is 37.7 Å². The minimum atomic E-state index is -0.980. The highest BCUT2D eigenvalue weighted by Crippen LogP contribution is 2.72. The summed E-state index contributed by atoms with van der Waals surface area (Å²) in [4.78, 5) is 50.2. The Morgan fingerprint density at radius 1 is 1.03 bits per heavy atom. The van der Waals surface area contributed by atoms with Crippen molar-refractivity contribution in [1.29, 1.82) is 0 Å². The van der Waals surface area contributed by atoms with E-state index in [1.807, 2.05) is 6.92 Å². The van der Waals surface area contributed by atoms with E-state index >= 15 is 0 Å². The predicted molar refractivity (Wildman–Crippen MR) is 135 cm³/mol. The number of esters is 4. The molecule has 3 saturated heterocycles. The number of ether oxygens (including phenoxy) is 6. The first-order valence-electron chi connectivity index (χ1n) is 13.9.